The molecule has 3 aliphatic heterocycles. The predicted octanol–water partition coefficient (Wildman–Crippen LogP) is 0.576. The number of nitrogens with zero attached hydrogens (tertiary/aromatic N) is 1. The van der Waals surface area contributed by atoms with Crippen LogP contribution in [0.1, 0.15) is 58.8 Å². The molecule has 2 unspecified atom stereocenters. The minimum absolute atomic E-state index is 0.113. The number of hydrogen-bond donors (Lipinski definition) is 3. The van der Waals surface area contributed by atoms with E-state index in [9.17, 15) is 14.4 Å². The first kappa shape index (κ1) is 22.0. The lowest BCUT2D eigenvalue weighted by molar-refractivity contribution is -0.146. The first-order chi connectivity index (χ1) is 13.9. The summed E-state index contributed by atoms with van der Waals surface area (Å²) in [4.78, 5) is 41.0. The molecule has 5 atom stereocenters. The largest absolute Gasteiger partial charge is 0.396 e. The Bertz CT molecular complexity index is 656. The van der Waals surface area contributed by atoms with Gasteiger partial charge >= 0.3 is 0 Å². The van der Waals surface area contributed by atoms with E-state index in [1.165, 1.54) is 0 Å². The average Bonchev–Trinajstić information content (AvgIpc) is 3.26. The minimum atomic E-state index is -0.934. The van der Waals surface area contributed by atoms with Crippen LogP contribution < -0.4 is 10.6 Å². The normalized spacial score (nSPS) is 35.1. The van der Waals surface area contributed by atoms with Crippen molar-refractivity contribution in [1.82, 2.24) is 15.5 Å². The second-order valence-electron chi connectivity index (χ2n) is 8.80. The highest BCUT2D eigenvalue weighted by atomic mass is 16.5. The van der Waals surface area contributed by atoms with Crippen LogP contribution in [0.5, 0.6) is 0 Å². The van der Waals surface area contributed by atoms with Crippen LogP contribution in [0.15, 0.2) is 0 Å². The van der Waals surface area contributed by atoms with Gasteiger partial charge in [-0.2, -0.15) is 0 Å². The lowest BCUT2D eigenvalue weighted by atomic mass is 9.66. The third-order valence-electron chi connectivity index (χ3n) is 6.94. The molecular weight excluding hydrogens is 374 g/mol. The fourth-order valence-electron chi connectivity index (χ4n) is 5.58. The van der Waals surface area contributed by atoms with E-state index in [0.717, 1.165) is 19.3 Å². The maximum atomic E-state index is 13.5. The van der Waals surface area contributed by atoms with Crippen LogP contribution in [0.4, 0.5) is 0 Å². The minimum Gasteiger partial charge on any atom is -0.396 e. The Labute approximate surface area is 172 Å². The molecule has 0 saturated carbocycles. The summed E-state index contributed by atoms with van der Waals surface area (Å²) < 4.78 is 6.45. The summed E-state index contributed by atoms with van der Waals surface area (Å²) in [6.45, 7) is 5.06. The monoisotopic (exact) mass is 409 g/mol. The van der Waals surface area contributed by atoms with Crippen molar-refractivity contribution in [2.24, 2.45) is 11.8 Å². The molecule has 0 aromatic heterocycles. The summed E-state index contributed by atoms with van der Waals surface area (Å²) in [5.41, 5.74) is -1.65. The van der Waals surface area contributed by atoms with E-state index in [2.05, 4.69) is 17.6 Å². The predicted molar refractivity (Wildman–Crippen MR) is 107 cm³/mol. The maximum Gasteiger partial charge on any atom is 0.245 e. The topological polar surface area (TPSA) is 108 Å². The zero-order chi connectivity index (χ0) is 21.2. The van der Waals surface area contributed by atoms with Gasteiger partial charge in [0.25, 0.3) is 0 Å². The lowest BCUT2D eigenvalue weighted by Gasteiger charge is -2.33. The first-order valence-electron chi connectivity index (χ1n) is 11.0. The number of amides is 3. The van der Waals surface area contributed by atoms with Gasteiger partial charge in [-0.05, 0) is 45.4 Å². The number of rotatable bonds is 10. The highest BCUT2D eigenvalue weighted by Crippen LogP contribution is 2.63. The van der Waals surface area contributed by atoms with Gasteiger partial charge in [0.1, 0.15) is 11.6 Å². The number of ether oxygens (including phenoxy) is 1. The van der Waals surface area contributed by atoms with Crippen LogP contribution in [0.2, 0.25) is 0 Å². The van der Waals surface area contributed by atoms with Crippen LogP contribution in [0.25, 0.3) is 0 Å². The number of aliphatic hydroxyl groups is 1. The van der Waals surface area contributed by atoms with Crippen molar-refractivity contribution in [3.63, 3.8) is 0 Å². The summed E-state index contributed by atoms with van der Waals surface area (Å²) in [7, 11) is 1.57. The van der Waals surface area contributed by atoms with Gasteiger partial charge < -0.3 is 25.4 Å². The molecule has 3 rings (SSSR count). The first-order valence-corrected chi connectivity index (χ1v) is 11.0. The van der Waals surface area contributed by atoms with Gasteiger partial charge in [0.15, 0.2) is 0 Å². The Balaban J connectivity index is 1.90. The van der Waals surface area contributed by atoms with E-state index in [1.54, 1.807) is 11.9 Å². The maximum absolute atomic E-state index is 13.5. The molecule has 8 heteroatoms. The Hall–Kier alpha value is -1.67. The number of nitrogens with one attached hydrogen (secondary N) is 2. The van der Waals surface area contributed by atoms with Crippen molar-refractivity contribution in [2.75, 3.05) is 26.7 Å². The van der Waals surface area contributed by atoms with Crippen LogP contribution >= 0.6 is 0 Å². The fourth-order valence-corrected chi connectivity index (χ4v) is 5.58. The molecule has 0 aromatic carbocycles. The molecule has 3 aliphatic rings. The van der Waals surface area contributed by atoms with Gasteiger partial charge in [-0.25, -0.2) is 0 Å². The van der Waals surface area contributed by atoms with Crippen LogP contribution in [0.3, 0.4) is 0 Å². The van der Waals surface area contributed by atoms with Crippen molar-refractivity contribution in [2.45, 2.75) is 76.0 Å². The number of likely N-dealkylation sites (tertiary alicyclic amines) is 1. The molecule has 3 fully saturated rings. The SMILES string of the molecule is CCCCNC(=O)C1N(CCCCCO)C(=O)[C@@H]2[C@H](C(=O)NC)[C@]3(C)CCC12O3. The molecule has 2 bridgehead atoms. The molecular formula is C21H35N3O5. The third-order valence-corrected chi connectivity index (χ3v) is 6.94. The number of carbonyl (C=O) groups excluding carboxylic acids is 3. The zero-order valence-electron chi connectivity index (χ0n) is 17.8. The van der Waals surface area contributed by atoms with Crippen molar-refractivity contribution >= 4 is 17.7 Å². The molecule has 3 saturated heterocycles. The summed E-state index contributed by atoms with van der Waals surface area (Å²) >= 11 is 0. The number of fused-ring (bicyclic) bond motifs is 1. The van der Waals surface area contributed by atoms with Gasteiger partial charge in [-0.1, -0.05) is 13.3 Å². The van der Waals surface area contributed by atoms with Crippen molar-refractivity contribution in [3.8, 4) is 0 Å². The second kappa shape index (κ2) is 8.60. The molecule has 1 spiro atoms. The Morgan fingerprint density at radius 2 is 1.97 bits per heavy atom. The molecule has 8 nitrogen and oxygen atoms in total. The van der Waals surface area contributed by atoms with E-state index >= 15 is 0 Å². The van der Waals surface area contributed by atoms with Crippen molar-refractivity contribution < 1.29 is 24.2 Å². The third kappa shape index (κ3) is 3.54. The van der Waals surface area contributed by atoms with Crippen LogP contribution in [-0.4, -0.2) is 71.7 Å². The summed E-state index contributed by atoms with van der Waals surface area (Å²) in [5, 5.41) is 14.7. The highest BCUT2D eigenvalue weighted by molar-refractivity contribution is 5.99. The zero-order valence-corrected chi connectivity index (χ0v) is 17.8. The Morgan fingerprint density at radius 3 is 2.62 bits per heavy atom. The lowest BCUT2D eigenvalue weighted by Crippen LogP contribution is -2.55. The van der Waals surface area contributed by atoms with Gasteiger partial charge in [0, 0.05) is 26.7 Å². The quantitative estimate of drug-likeness (QED) is 0.458. The molecule has 0 radical (unpaired) electrons. The molecule has 3 heterocycles. The van der Waals surface area contributed by atoms with E-state index in [0.29, 0.717) is 38.8 Å². The number of hydrogen-bond acceptors (Lipinski definition) is 5. The molecule has 3 amide bonds. The smallest absolute Gasteiger partial charge is 0.245 e. The Morgan fingerprint density at radius 1 is 1.21 bits per heavy atom. The molecule has 164 valence electrons. The van der Waals surface area contributed by atoms with E-state index in [1.807, 2.05) is 6.92 Å². The van der Waals surface area contributed by atoms with E-state index < -0.39 is 29.1 Å². The van der Waals surface area contributed by atoms with Gasteiger partial charge in [-0.3, -0.25) is 14.4 Å². The summed E-state index contributed by atoms with van der Waals surface area (Å²) in [6, 6.07) is -0.706. The Kier molecular flexibility index (Phi) is 6.53. The standard InChI is InChI=1S/C21H35N3O5/c1-4-5-11-23-18(27)16-21-10-9-20(2,29-21)14(17(26)22-3)15(21)19(28)24(16)12-7-6-8-13-25/h14-16,25H,4-13H2,1-3H3,(H,22,26)(H,23,27)/t14-,15+,16?,20+,21?/m1/s1. The molecule has 29 heavy (non-hydrogen) atoms. The van der Waals surface area contributed by atoms with Crippen molar-refractivity contribution in [3.05, 3.63) is 0 Å². The van der Waals surface area contributed by atoms with E-state index in [4.69, 9.17) is 9.84 Å². The van der Waals surface area contributed by atoms with Crippen LogP contribution in [0, 0.1) is 11.8 Å². The van der Waals surface area contributed by atoms with Gasteiger partial charge in [0.2, 0.25) is 17.7 Å². The summed E-state index contributed by atoms with van der Waals surface area (Å²) in [6.07, 6.45) is 5.25. The fraction of sp³-hybridized carbons (Fsp3) is 0.857. The number of aliphatic hydroxyl groups excluding tert-OH is 1. The van der Waals surface area contributed by atoms with E-state index in [-0.39, 0.29) is 24.3 Å². The highest BCUT2D eigenvalue weighted by Gasteiger charge is 2.77. The van der Waals surface area contributed by atoms with Gasteiger partial charge in [-0.15, -0.1) is 0 Å². The molecule has 3 N–H and O–H groups in total. The van der Waals surface area contributed by atoms with Crippen molar-refractivity contribution in [1.29, 1.82) is 0 Å². The van der Waals surface area contributed by atoms with Gasteiger partial charge in [0.05, 0.1) is 17.4 Å². The number of carbonyl (C=O) groups is 3. The number of unbranched alkanes of at least 4 members (excludes halogenated alkanes) is 3. The summed E-state index contributed by atoms with van der Waals surface area (Å²) in [5.74, 6) is -1.73. The van der Waals surface area contributed by atoms with Crippen LogP contribution in [-0.2, 0) is 19.1 Å². The molecule has 0 aliphatic carbocycles. The second-order valence-corrected chi connectivity index (χ2v) is 8.80. The molecule has 0 aromatic rings. The average molecular weight is 410 g/mol.